The Morgan fingerprint density at radius 2 is 1.86 bits per heavy atom. The predicted molar refractivity (Wildman–Crippen MR) is 74.3 cm³/mol. The summed E-state index contributed by atoms with van der Waals surface area (Å²) in [4.78, 5) is 11.5. The number of nitrogens with one attached hydrogen (secondary N) is 1. The van der Waals surface area contributed by atoms with E-state index in [2.05, 4.69) is 5.32 Å². The number of aliphatic hydroxyl groups excluding tert-OH is 1. The SMILES string of the molecule is CC(C)C(O)CNC(=O)/C=C/c1ccc(C(F)(F)F)cc1. The second kappa shape index (κ2) is 7.26. The molecule has 3 nitrogen and oxygen atoms in total. The summed E-state index contributed by atoms with van der Waals surface area (Å²) in [6, 6.07) is 4.49. The Balaban J connectivity index is 2.55. The van der Waals surface area contributed by atoms with Crippen molar-refractivity contribution in [3.63, 3.8) is 0 Å². The van der Waals surface area contributed by atoms with E-state index in [4.69, 9.17) is 0 Å². The van der Waals surface area contributed by atoms with Crippen LogP contribution in [0.2, 0.25) is 0 Å². The molecule has 1 aromatic rings. The lowest BCUT2D eigenvalue weighted by Crippen LogP contribution is -2.33. The van der Waals surface area contributed by atoms with Gasteiger partial charge in [0, 0.05) is 12.6 Å². The monoisotopic (exact) mass is 301 g/mol. The van der Waals surface area contributed by atoms with Crippen molar-refractivity contribution in [1.29, 1.82) is 0 Å². The maximum absolute atomic E-state index is 12.4. The van der Waals surface area contributed by atoms with E-state index in [1.54, 1.807) is 0 Å². The van der Waals surface area contributed by atoms with Gasteiger partial charge in [-0.1, -0.05) is 26.0 Å². The van der Waals surface area contributed by atoms with Gasteiger partial charge in [-0.2, -0.15) is 13.2 Å². The van der Waals surface area contributed by atoms with E-state index in [9.17, 15) is 23.1 Å². The first-order chi connectivity index (χ1) is 9.70. The molecule has 21 heavy (non-hydrogen) atoms. The van der Waals surface area contributed by atoms with Gasteiger partial charge in [0.25, 0.3) is 0 Å². The summed E-state index contributed by atoms with van der Waals surface area (Å²) in [6.07, 6.45) is -2.37. The van der Waals surface area contributed by atoms with E-state index in [-0.39, 0.29) is 12.5 Å². The summed E-state index contributed by atoms with van der Waals surface area (Å²) in [7, 11) is 0. The number of carbonyl (C=O) groups is 1. The van der Waals surface area contributed by atoms with Crippen LogP contribution in [0, 0.1) is 5.92 Å². The Hall–Kier alpha value is -1.82. The molecule has 0 spiro atoms. The van der Waals surface area contributed by atoms with Crippen LogP contribution in [0.25, 0.3) is 6.08 Å². The van der Waals surface area contributed by atoms with E-state index in [0.29, 0.717) is 5.56 Å². The zero-order valence-corrected chi connectivity index (χ0v) is 11.8. The Kier molecular flexibility index (Phi) is 5.96. The van der Waals surface area contributed by atoms with E-state index >= 15 is 0 Å². The molecule has 0 heterocycles. The normalized spacial score (nSPS) is 13.7. The minimum atomic E-state index is -4.37. The first-order valence-electron chi connectivity index (χ1n) is 6.51. The van der Waals surface area contributed by atoms with Gasteiger partial charge in [-0.05, 0) is 29.7 Å². The maximum atomic E-state index is 12.4. The molecule has 0 bridgehead atoms. The van der Waals surface area contributed by atoms with E-state index in [1.165, 1.54) is 24.3 Å². The highest BCUT2D eigenvalue weighted by atomic mass is 19.4. The van der Waals surface area contributed by atoms with E-state index in [1.807, 2.05) is 13.8 Å². The van der Waals surface area contributed by atoms with Crippen molar-refractivity contribution in [2.24, 2.45) is 5.92 Å². The van der Waals surface area contributed by atoms with Crippen LogP contribution in [0.4, 0.5) is 13.2 Å². The van der Waals surface area contributed by atoms with Crippen LogP contribution in [0.5, 0.6) is 0 Å². The second-order valence-corrected chi connectivity index (χ2v) is 5.01. The molecule has 1 unspecified atom stereocenters. The summed E-state index contributed by atoms with van der Waals surface area (Å²) >= 11 is 0. The first kappa shape index (κ1) is 17.2. The number of hydrogen-bond acceptors (Lipinski definition) is 2. The van der Waals surface area contributed by atoms with Crippen LogP contribution < -0.4 is 5.32 Å². The fourth-order valence-electron chi connectivity index (χ4n) is 1.45. The van der Waals surface area contributed by atoms with Crippen LogP contribution in [-0.2, 0) is 11.0 Å². The highest BCUT2D eigenvalue weighted by Gasteiger charge is 2.29. The smallest absolute Gasteiger partial charge is 0.391 e. The molecular weight excluding hydrogens is 283 g/mol. The predicted octanol–water partition coefficient (Wildman–Crippen LogP) is 2.85. The molecule has 2 N–H and O–H groups in total. The molecule has 1 amide bonds. The third kappa shape index (κ3) is 5.99. The summed E-state index contributed by atoms with van der Waals surface area (Å²) < 4.78 is 37.1. The first-order valence-corrected chi connectivity index (χ1v) is 6.51. The quantitative estimate of drug-likeness (QED) is 0.822. The zero-order valence-electron chi connectivity index (χ0n) is 11.8. The van der Waals surface area contributed by atoms with Crippen LogP contribution in [-0.4, -0.2) is 23.7 Å². The van der Waals surface area contributed by atoms with Gasteiger partial charge in [0.1, 0.15) is 0 Å². The summed E-state index contributed by atoms with van der Waals surface area (Å²) in [5, 5.41) is 12.0. The van der Waals surface area contributed by atoms with Crippen molar-refractivity contribution < 1.29 is 23.1 Å². The lowest BCUT2D eigenvalue weighted by Gasteiger charge is -2.14. The van der Waals surface area contributed by atoms with Crippen LogP contribution in [0.15, 0.2) is 30.3 Å². The Labute approximate surface area is 121 Å². The molecular formula is C15H18F3NO2. The van der Waals surface area contributed by atoms with E-state index < -0.39 is 23.8 Å². The number of carbonyl (C=O) groups excluding carboxylic acids is 1. The second-order valence-electron chi connectivity index (χ2n) is 5.01. The molecule has 0 aliphatic heterocycles. The topological polar surface area (TPSA) is 49.3 Å². The lowest BCUT2D eigenvalue weighted by atomic mass is 10.1. The van der Waals surface area contributed by atoms with Crippen molar-refractivity contribution in [1.82, 2.24) is 5.32 Å². The fraction of sp³-hybridized carbons (Fsp3) is 0.400. The number of hydrogen-bond donors (Lipinski definition) is 2. The van der Waals surface area contributed by atoms with Crippen LogP contribution in [0.3, 0.4) is 0 Å². The molecule has 0 saturated carbocycles. The molecule has 1 rings (SSSR count). The van der Waals surface area contributed by atoms with Gasteiger partial charge in [0.05, 0.1) is 11.7 Å². The van der Waals surface area contributed by atoms with Gasteiger partial charge in [-0.25, -0.2) is 0 Å². The molecule has 0 aromatic heterocycles. The molecule has 0 fully saturated rings. The van der Waals surface area contributed by atoms with Crippen molar-refractivity contribution in [3.05, 3.63) is 41.5 Å². The standard InChI is InChI=1S/C15H18F3NO2/c1-10(2)13(20)9-19-14(21)8-5-11-3-6-12(7-4-11)15(16,17)18/h3-8,10,13,20H,9H2,1-2H3,(H,19,21)/b8-5+. The third-order valence-corrected chi connectivity index (χ3v) is 2.92. The summed E-state index contributed by atoms with van der Waals surface area (Å²) in [6.45, 7) is 3.79. The minimum Gasteiger partial charge on any atom is -0.391 e. The highest BCUT2D eigenvalue weighted by Crippen LogP contribution is 2.29. The van der Waals surface area contributed by atoms with Crippen molar-refractivity contribution >= 4 is 12.0 Å². The van der Waals surface area contributed by atoms with Crippen LogP contribution in [0.1, 0.15) is 25.0 Å². The molecule has 1 atom stereocenters. The van der Waals surface area contributed by atoms with Gasteiger partial charge in [0.15, 0.2) is 0 Å². The van der Waals surface area contributed by atoms with Gasteiger partial charge < -0.3 is 10.4 Å². The maximum Gasteiger partial charge on any atom is 0.416 e. The Morgan fingerprint density at radius 1 is 1.29 bits per heavy atom. The van der Waals surface area contributed by atoms with Gasteiger partial charge in [-0.3, -0.25) is 4.79 Å². The average Bonchev–Trinajstić information content (AvgIpc) is 2.41. The average molecular weight is 301 g/mol. The van der Waals surface area contributed by atoms with Gasteiger partial charge in [-0.15, -0.1) is 0 Å². The molecule has 0 radical (unpaired) electrons. The number of amides is 1. The van der Waals surface area contributed by atoms with Crippen molar-refractivity contribution in [3.8, 4) is 0 Å². The van der Waals surface area contributed by atoms with Gasteiger partial charge in [0.2, 0.25) is 5.91 Å². The van der Waals surface area contributed by atoms with Crippen molar-refractivity contribution in [2.75, 3.05) is 6.54 Å². The number of benzene rings is 1. The number of rotatable bonds is 5. The lowest BCUT2D eigenvalue weighted by molar-refractivity contribution is -0.137. The molecule has 0 saturated heterocycles. The summed E-state index contributed by atoms with van der Waals surface area (Å²) in [5.41, 5.74) is -0.244. The van der Waals surface area contributed by atoms with E-state index in [0.717, 1.165) is 12.1 Å². The van der Waals surface area contributed by atoms with Crippen molar-refractivity contribution in [2.45, 2.75) is 26.1 Å². The largest absolute Gasteiger partial charge is 0.416 e. The fourth-order valence-corrected chi connectivity index (χ4v) is 1.45. The van der Waals surface area contributed by atoms with Gasteiger partial charge >= 0.3 is 6.18 Å². The molecule has 116 valence electrons. The number of aliphatic hydroxyl groups is 1. The van der Waals surface area contributed by atoms with Crippen LogP contribution >= 0.6 is 0 Å². The third-order valence-electron chi connectivity index (χ3n) is 2.92. The summed E-state index contributed by atoms with van der Waals surface area (Å²) in [5.74, 6) is -0.376. The molecule has 1 aromatic carbocycles. The molecule has 0 aliphatic rings. The number of halogens is 3. The zero-order chi connectivity index (χ0) is 16.0. The highest BCUT2D eigenvalue weighted by molar-refractivity contribution is 5.91. The number of alkyl halides is 3. The Bertz CT molecular complexity index is 493. The minimum absolute atomic E-state index is 0.0317. The Morgan fingerprint density at radius 3 is 2.33 bits per heavy atom. The molecule has 0 aliphatic carbocycles. The molecule has 6 heteroatoms.